The molecule has 4 nitrogen and oxygen atoms in total. The third-order valence-electron chi connectivity index (χ3n) is 4.25. The number of benzene rings is 1. The monoisotopic (exact) mass is 302 g/mol. The fourth-order valence-electron chi connectivity index (χ4n) is 3.03. The van der Waals surface area contributed by atoms with Crippen molar-refractivity contribution in [3.63, 3.8) is 0 Å². The van der Waals surface area contributed by atoms with Crippen molar-refractivity contribution in [2.45, 2.75) is 31.8 Å². The van der Waals surface area contributed by atoms with Gasteiger partial charge in [0.25, 0.3) is 5.91 Å². The molecule has 0 saturated carbocycles. The van der Waals surface area contributed by atoms with Crippen molar-refractivity contribution in [3.8, 4) is 0 Å². The van der Waals surface area contributed by atoms with Gasteiger partial charge in [-0.2, -0.15) is 0 Å². The summed E-state index contributed by atoms with van der Waals surface area (Å²) in [6, 6.07) is 10.0. The minimum Gasteiger partial charge on any atom is -0.455 e. The Kier molecular flexibility index (Phi) is 3.98. The molecule has 1 aliphatic heterocycles. The van der Waals surface area contributed by atoms with E-state index in [0.29, 0.717) is 18.1 Å². The molecule has 1 amide bonds. The second-order valence-electron chi connectivity index (χ2n) is 5.76. The first-order valence-electron chi connectivity index (χ1n) is 7.43. The number of hydrogen-bond acceptors (Lipinski definition) is 3. The first-order valence-corrected chi connectivity index (χ1v) is 7.43. The molecule has 1 aromatic heterocycles. The lowest BCUT2D eigenvalue weighted by molar-refractivity contribution is 0.0711. The van der Waals surface area contributed by atoms with E-state index in [4.69, 9.17) is 10.2 Å². The Bertz CT molecular complexity index is 666. The SMILES string of the molecule is C[C@@H]1C[C@H](c2ccc(F)cc2)CN1C(=O)c1ccc(CN)o1. The summed E-state index contributed by atoms with van der Waals surface area (Å²) in [5.41, 5.74) is 6.57. The summed E-state index contributed by atoms with van der Waals surface area (Å²) in [4.78, 5) is 14.4. The third kappa shape index (κ3) is 2.76. The quantitative estimate of drug-likeness (QED) is 0.948. The zero-order chi connectivity index (χ0) is 15.7. The normalized spacial score (nSPS) is 21.3. The van der Waals surface area contributed by atoms with Gasteiger partial charge in [-0.15, -0.1) is 0 Å². The van der Waals surface area contributed by atoms with Gasteiger partial charge in [0.1, 0.15) is 11.6 Å². The highest BCUT2D eigenvalue weighted by Gasteiger charge is 2.34. The lowest BCUT2D eigenvalue weighted by Crippen LogP contribution is -2.33. The molecule has 1 aliphatic rings. The first kappa shape index (κ1) is 14.8. The summed E-state index contributed by atoms with van der Waals surface area (Å²) in [5, 5.41) is 0. The summed E-state index contributed by atoms with van der Waals surface area (Å²) in [6.45, 7) is 2.92. The van der Waals surface area contributed by atoms with E-state index in [2.05, 4.69) is 0 Å². The van der Waals surface area contributed by atoms with Gasteiger partial charge >= 0.3 is 0 Å². The van der Waals surface area contributed by atoms with Crippen molar-refractivity contribution in [1.82, 2.24) is 4.90 Å². The molecular weight excluding hydrogens is 283 g/mol. The van der Waals surface area contributed by atoms with Crippen molar-refractivity contribution in [2.75, 3.05) is 6.54 Å². The molecular formula is C17H19FN2O2. The van der Waals surface area contributed by atoms with Crippen LogP contribution in [0, 0.1) is 5.82 Å². The van der Waals surface area contributed by atoms with Crippen LogP contribution in [-0.4, -0.2) is 23.4 Å². The first-order chi connectivity index (χ1) is 10.6. The number of likely N-dealkylation sites (tertiary alicyclic amines) is 1. The van der Waals surface area contributed by atoms with Crippen LogP contribution in [0.4, 0.5) is 4.39 Å². The predicted octanol–water partition coefficient (Wildman–Crippen LogP) is 2.90. The molecule has 0 unspecified atom stereocenters. The van der Waals surface area contributed by atoms with Crippen molar-refractivity contribution in [1.29, 1.82) is 0 Å². The summed E-state index contributed by atoms with van der Waals surface area (Å²) < 4.78 is 18.5. The maximum absolute atomic E-state index is 13.0. The molecule has 0 spiro atoms. The molecule has 3 rings (SSSR count). The van der Waals surface area contributed by atoms with Crippen LogP contribution in [0.1, 0.15) is 41.1 Å². The van der Waals surface area contributed by atoms with Crippen molar-refractivity contribution in [3.05, 3.63) is 59.3 Å². The number of furan rings is 1. The molecule has 2 N–H and O–H groups in total. The Balaban J connectivity index is 1.75. The standard InChI is InChI=1S/C17H19FN2O2/c1-11-8-13(12-2-4-14(18)5-3-12)10-20(11)17(21)16-7-6-15(9-19)22-16/h2-7,11,13H,8-10,19H2,1H3/t11-,13+/m1/s1. The molecule has 5 heteroatoms. The average molecular weight is 302 g/mol. The molecule has 0 aliphatic carbocycles. The van der Waals surface area contributed by atoms with Crippen LogP contribution in [-0.2, 0) is 6.54 Å². The second-order valence-corrected chi connectivity index (χ2v) is 5.76. The van der Waals surface area contributed by atoms with Crippen LogP contribution in [0.5, 0.6) is 0 Å². The zero-order valence-corrected chi connectivity index (χ0v) is 12.5. The Morgan fingerprint density at radius 1 is 1.32 bits per heavy atom. The number of amides is 1. The van der Waals surface area contributed by atoms with Crippen LogP contribution in [0.25, 0.3) is 0 Å². The van der Waals surface area contributed by atoms with Crippen LogP contribution < -0.4 is 5.73 Å². The molecule has 116 valence electrons. The molecule has 22 heavy (non-hydrogen) atoms. The number of hydrogen-bond donors (Lipinski definition) is 1. The highest BCUT2D eigenvalue weighted by Crippen LogP contribution is 2.32. The average Bonchev–Trinajstić information content (AvgIpc) is 3.14. The zero-order valence-electron chi connectivity index (χ0n) is 12.5. The molecule has 1 fully saturated rings. The Morgan fingerprint density at radius 3 is 2.68 bits per heavy atom. The lowest BCUT2D eigenvalue weighted by Gasteiger charge is -2.20. The molecule has 0 bridgehead atoms. The van der Waals surface area contributed by atoms with Crippen LogP contribution in [0.2, 0.25) is 0 Å². The van der Waals surface area contributed by atoms with E-state index in [0.717, 1.165) is 12.0 Å². The van der Waals surface area contributed by atoms with Gasteiger partial charge in [-0.05, 0) is 43.2 Å². The maximum atomic E-state index is 13.0. The minimum absolute atomic E-state index is 0.114. The van der Waals surface area contributed by atoms with Gasteiger partial charge in [0.15, 0.2) is 5.76 Å². The summed E-state index contributed by atoms with van der Waals surface area (Å²) in [5.74, 6) is 0.797. The van der Waals surface area contributed by atoms with Gasteiger partial charge < -0.3 is 15.1 Å². The van der Waals surface area contributed by atoms with Gasteiger partial charge in [-0.25, -0.2) is 4.39 Å². The topological polar surface area (TPSA) is 59.5 Å². The van der Waals surface area contributed by atoms with Gasteiger partial charge in [0.05, 0.1) is 6.54 Å². The van der Waals surface area contributed by atoms with Gasteiger partial charge in [0.2, 0.25) is 0 Å². The van der Waals surface area contributed by atoms with E-state index in [9.17, 15) is 9.18 Å². The smallest absolute Gasteiger partial charge is 0.289 e. The number of nitrogens with two attached hydrogens (primary N) is 1. The molecule has 2 atom stereocenters. The van der Waals surface area contributed by atoms with Crippen molar-refractivity contribution < 1.29 is 13.6 Å². The van der Waals surface area contributed by atoms with Gasteiger partial charge in [-0.1, -0.05) is 12.1 Å². The third-order valence-corrected chi connectivity index (χ3v) is 4.25. The van der Waals surface area contributed by atoms with E-state index in [1.54, 1.807) is 24.3 Å². The Morgan fingerprint density at radius 2 is 2.05 bits per heavy atom. The number of halogens is 1. The molecule has 1 aromatic carbocycles. The maximum Gasteiger partial charge on any atom is 0.289 e. The number of nitrogens with zero attached hydrogens (tertiary/aromatic N) is 1. The number of carbonyl (C=O) groups excluding carboxylic acids is 1. The van der Waals surface area contributed by atoms with Crippen LogP contribution >= 0.6 is 0 Å². The molecule has 0 radical (unpaired) electrons. The summed E-state index contributed by atoms with van der Waals surface area (Å²) >= 11 is 0. The van der Waals surface area contributed by atoms with Crippen LogP contribution in [0.15, 0.2) is 40.8 Å². The Labute approximate surface area is 128 Å². The van der Waals surface area contributed by atoms with E-state index >= 15 is 0 Å². The fourth-order valence-corrected chi connectivity index (χ4v) is 3.03. The van der Waals surface area contributed by atoms with Crippen LogP contribution in [0.3, 0.4) is 0 Å². The lowest BCUT2D eigenvalue weighted by atomic mass is 9.97. The van der Waals surface area contributed by atoms with E-state index < -0.39 is 0 Å². The fraction of sp³-hybridized carbons (Fsp3) is 0.353. The largest absolute Gasteiger partial charge is 0.455 e. The second kappa shape index (κ2) is 5.93. The van der Waals surface area contributed by atoms with Crippen molar-refractivity contribution in [2.24, 2.45) is 5.73 Å². The van der Waals surface area contributed by atoms with E-state index in [1.807, 2.05) is 11.8 Å². The Hall–Kier alpha value is -2.14. The van der Waals surface area contributed by atoms with Crippen molar-refractivity contribution >= 4 is 5.91 Å². The van der Waals surface area contributed by atoms with E-state index in [-0.39, 0.29) is 30.2 Å². The molecule has 1 saturated heterocycles. The van der Waals surface area contributed by atoms with Gasteiger partial charge in [0, 0.05) is 18.5 Å². The molecule has 2 aromatic rings. The predicted molar refractivity (Wildman–Crippen MR) is 80.9 cm³/mol. The highest BCUT2D eigenvalue weighted by atomic mass is 19.1. The minimum atomic E-state index is -0.243. The molecule has 2 heterocycles. The summed E-state index contributed by atoms with van der Waals surface area (Å²) in [6.07, 6.45) is 0.863. The van der Waals surface area contributed by atoms with E-state index in [1.165, 1.54) is 12.1 Å². The highest BCUT2D eigenvalue weighted by molar-refractivity contribution is 5.92. The summed E-state index contributed by atoms with van der Waals surface area (Å²) in [7, 11) is 0. The number of carbonyl (C=O) groups is 1. The number of rotatable bonds is 3. The van der Waals surface area contributed by atoms with Gasteiger partial charge in [-0.3, -0.25) is 4.79 Å².